The summed E-state index contributed by atoms with van der Waals surface area (Å²) in [5.74, 6) is 0.887. The monoisotopic (exact) mass is 281 g/mol. The summed E-state index contributed by atoms with van der Waals surface area (Å²) < 4.78 is 0. The van der Waals surface area contributed by atoms with Crippen LogP contribution in [0.2, 0.25) is 0 Å². The zero-order valence-electron chi connectivity index (χ0n) is 13.8. The van der Waals surface area contributed by atoms with Crippen molar-refractivity contribution in [1.82, 2.24) is 15.5 Å². The summed E-state index contributed by atoms with van der Waals surface area (Å²) in [4.78, 5) is 2.44. The molecule has 0 spiro atoms. The molecular weight excluding hydrogens is 246 g/mol. The number of nitrogens with one attached hydrogen (secondary N) is 2. The van der Waals surface area contributed by atoms with E-state index in [0.717, 1.165) is 18.0 Å². The van der Waals surface area contributed by atoms with E-state index < -0.39 is 0 Å². The molecule has 3 unspecified atom stereocenters. The molecular formula is C17H35N3. The lowest BCUT2D eigenvalue weighted by molar-refractivity contribution is 0.245. The molecule has 2 aliphatic rings. The van der Waals surface area contributed by atoms with Crippen molar-refractivity contribution in [2.45, 2.75) is 76.9 Å². The summed E-state index contributed by atoms with van der Waals surface area (Å²) in [5.41, 5.74) is 0. The van der Waals surface area contributed by atoms with Gasteiger partial charge in [-0.2, -0.15) is 0 Å². The zero-order valence-corrected chi connectivity index (χ0v) is 13.8. The molecule has 2 N–H and O–H groups in total. The standard InChI is InChI=1S/C17H35N3/c1-14(2)20(3)13-7-12-19-17-10-6-8-15(17)16-9-4-5-11-18-16/h14-19H,4-13H2,1-3H3. The predicted octanol–water partition coefficient (Wildman–Crippen LogP) is 2.62. The Morgan fingerprint density at radius 1 is 1.15 bits per heavy atom. The Hall–Kier alpha value is -0.120. The normalized spacial score (nSPS) is 31.4. The van der Waals surface area contributed by atoms with Gasteiger partial charge < -0.3 is 15.5 Å². The molecule has 20 heavy (non-hydrogen) atoms. The second kappa shape index (κ2) is 8.35. The average molecular weight is 281 g/mol. The minimum atomic E-state index is 0.667. The first-order valence-corrected chi connectivity index (χ1v) is 8.85. The number of nitrogens with zero attached hydrogens (tertiary/aromatic N) is 1. The van der Waals surface area contributed by atoms with Crippen molar-refractivity contribution in [3.8, 4) is 0 Å². The predicted molar refractivity (Wildman–Crippen MR) is 87.2 cm³/mol. The highest BCUT2D eigenvalue weighted by Crippen LogP contribution is 2.31. The van der Waals surface area contributed by atoms with Crippen LogP contribution >= 0.6 is 0 Å². The summed E-state index contributed by atoms with van der Waals surface area (Å²) in [6, 6.07) is 2.23. The maximum atomic E-state index is 3.86. The molecule has 0 amide bonds. The molecule has 3 atom stereocenters. The molecule has 0 aromatic rings. The van der Waals surface area contributed by atoms with Gasteiger partial charge in [0.1, 0.15) is 0 Å². The molecule has 1 heterocycles. The third kappa shape index (κ3) is 4.71. The van der Waals surface area contributed by atoms with Gasteiger partial charge in [-0.1, -0.05) is 12.8 Å². The van der Waals surface area contributed by atoms with Crippen molar-refractivity contribution in [3.05, 3.63) is 0 Å². The van der Waals surface area contributed by atoms with Crippen LogP contribution in [0.25, 0.3) is 0 Å². The van der Waals surface area contributed by atoms with E-state index in [2.05, 4.69) is 36.4 Å². The van der Waals surface area contributed by atoms with Gasteiger partial charge in [0.2, 0.25) is 0 Å². The second-order valence-corrected chi connectivity index (χ2v) is 7.14. The van der Waals surface area contributed by atoms with Crippen molar-refractivity contribution in [2.75, 3.05) is 26.7 Å². The van der Waals surface area contributed by atoms with Crippen LogP contribution < -0.4 is 10.6 Å². The highest BCUT2D eigenvalue weighted by Gasteiger charge is 2.33. The van der Waals surface area contributed by atoms with Crippen LogP contribution in [0.15, 0.2) is 0 Å². The van der Waals surface area contributed by atoms with E-state index in [-0.39, 0.29) is 0 Å². The molecule has 1 aliphatic heterocycles. The molecule has 0 bridgehead atoms. The summed E-state index contributed by atoms with van der Waals surface area (Å²) in [5, 5.41) is 7.62. The van der Waals surface area contributed by atoms with Crippen LogP contribution in [0.4, 0.5) is 0 Å². The largest absolute Gasteiger partial charge is 0.314 e. The van der Waals surface area contributed by atoms with Crippen LogP contribution in [-0.4, -0.2) is 49.7 Å². The number of hydrogen-bond acceptors (Lipinski definition) is 3. The van der Waals surface area contributed by atoms with E-state index in [0.29, 0.717) is 6.04 Å². The lowest BCUT2D eigenvalue weighted by Crippen LogP contribution is -2.47. The van der Waals surface area contributed by atoms with Gasteiger partial charge in [0.15, 0.2) is 0 Å². The fourth-order valence-corrected chi connectivity index (χ4v) is 3.84. The molecule has 2 fully saturated rings. The Balaban J connectivity index is 1.66. The van der Waals surface area contributed by atoms with Gasteiger partial charge in [-0.3, -0.25) is 0 Å². The number of hydrogen-bond donors (Lipinski definition) is 2. The first-order chi connectivity index (χ1) is 9.68. The van der Waals surface area contributed by atoms with E-state index in [1.165, 1.54) is 64.6 Å². The minimum absolute atomic E-state index is 0.667. The Morgan fingerprint density at radius 2 is 2.00 bits per heavy atom. The van der Waals surface area contributed by atoms with Crippen LogP contribution in [-0.2, 0) is 0 Å². The molecule has 118 valence electrons. The van der Waals surface area contributed by atoms with E-state index in [1.807, 2.05) is 0 Å². The fourth-order valence-electron chi connectivity index (χ4n) is 3.84. The van der Waals surface area contributed by atoms with Crippen molar-refractivity contribution in [3.63, 3.8) is 0 Å². The van der Waals surface area contributed by atoms with E-state index in [4.69, 9.17) is 0 Å². The first-order valence-electron chi connectivity index (χ1n) is 8.85. The van der Waals surface area contributed by atoms with Crippen molar-refractivity contribution in [1.29, 1.82) is 0 Å². The van der Waals surface area contributed by atoms with E-state index in [9.17, 15) is 0 Å². The molecule has 1 aliphatic carbocycles. The van der Waals surface area contributed by atoms with Crippen LogP contribution in [0.1, 0.15) is 58.8 Å². The third-order valence-electron chi connectivity index (χ3n) is 5.41. The molecule has 3 heteroatoms. The fraction of sp³-hybridized carbons (Fsp3) is 1.00. The minimum Gasteiger partial charge on any atom is -0.314 e. The first kappa shape index (κ1) is 16.3. The summed E-state index contributed by atoms with van der Waals surface area (Å²) in [6.07, 6.45) is 9.73. The smallest absolute Gasteiger partial charge is 0.0110 e. The molecule has 0 aromatic carbocycles. The maximum absolute atomic E-state index is 3.86. The zero-order chi connectivity index (χ0) is 14.4. The summed E-state index contributed by atoms with van der Waals surface area (Å²) in [6.45, 7) is 8.19. The van der Waals surface area contributed by atoms with Gasteiger partial charge >= 0.3 is 0 Å². The Morgan fingerprint density at radius 3 is 2.70 bits per heavy atom. The summed E-state index contributed by atoms with van der Waals surface area (Å²) >= 11 is 0. The van der Waals surface area contributed by atoms with Gasteiger partial charge in [0.25, 0.3) is 0 Å². The maximum Gasteiger partial charge on any atom is 0.0110 e. The van der Waals surface area contributed by atoms with Crippen LogP contribution in [0.5, 0.6) is 0 Å². The van der Waals surface area contributed by atoms with E-state index in [1.54, 1.807) is 0 Å². The quantitative estimate of drug-likeness (QED) is 0.703. The van der Waals surface area contributed by atoms with Gasteiger partial charge in [0, 0.05) is 18.1 Å². The molecule has 1 saturated heterocycles. The third-order valence-corrected chi connectivity index (χ3v) is 5.41. The van der Waals surface area contributed by atoms with Crippen molar-refractivity contribution >= 4 is 0 Å². The summed E-state index contributed by atoms with van der Waals surface area (Å²) in [7, 11) is 2.23. The van der Waals surface area contributed by atoms with Gasteiger partial charge in [-0.05, 0) is 78.6 Å². The van der Waals surface area contributed by atoms with Crippen molar-refractivity contribution in [2.24, 2.45) is 5.92 Å². The lowest BCUT2D eigenvalue weighted by Gasteiger charge is -2.33. The lowest BCUT2D eigenvalue weighted by atomic mass is 9.88. The number of rotatable bonds is 7. The SMILES string of the molecule is CC(C)N(C)CCCNC1CCCC1C1CCCCN1. The number of piperidine rings is 1. The molecule has 0 radical (unpaired) electrons. The Bertz CT molecular complexity index is 261. The Kier molecular flexibility index (Phi) is 6.79. The van der Waals surface area contributed by atoms with E-state index >= 15 is 0 Å². The second-order valence-electron chi connectivity index (χ2n) is 7.14. The molecule has 3 nitrogen and oxygen atoms in total. The van der Waals surface area contributed by atoms with Crippen LogP contribution in [0.3, 0.4) is 0 Å². The van der Waals surface area contributed by atoms with Gasteiger partial charge in [-0.25, -0.2) is 0 Å². The highest BCUT2D eigenvalue weighted by molar-refractivity contribution is 4.92. The molecule has 2 rings (SSSR count). The van der Waals surface area contributed by atoms with Crippen molar-refractivity contribution < 1.29 is 0 Å². The molecule has 1 saturated carbocycles. The van der Waals surface area contributed by atoms with Gasteiger partial charge in [0.05, 0.1) is 0 Å². The molecule has 0 aromatic heterocycles. The highest BCUT2D eigenvalue weighted by atomic mass is 15.1. The van der Waals surface area contributed by atoms with Crippen LogP contribution in [0, 0.1) is 5.92 Å². The topological polar surface area (TPSA) is 27.3 Å². The average Bonchev–Trinajstić information content (AvgIpc) is 2.92. The van der Waals surface area contributed by atoms with Gasteiger partial charge in [-0.15, -0.1) is 0 Å². The Labute approximate surface area is 125 Å².